The molecule has 0 saturated heterocycles. The van der Waals surface area contributed by atoms with Gasteiger partial charge in [0.2, 0.25) is 0 Å². The topological polar surface area (TPSA) is 0 Å². The van der Waals surface area contributed by atoms with E-state index in [4.69, 9.17) is 0 Å². The molecule has 0 aliphatic heterocycles. The van der Waals surface area contributed by atoms with E-state index in [1.807, 2.05) is 0 Å². The van der Waals surface area contributed by atoms with Gasteiger partial charge in [0, 0.05) is 0 Å². The molecular formula is C10H20FN. The maximum Gasteiger partial charge on any atom is 0.0996 e. The molecule has 0 saturated carbocycles. The van der Waals surface area contributed by atoms with Crippen molar-refractivity contribution in [1.82, 2.24) is 0 Å². The van der Waals surface area contributed by atoms with Crippen LogP contribution in [0, 0.1) is 0 Å². The molecule has 0 aromatic heterocycles. The third-order valence-corrected chi connectivity index (χ3v) is 1.40. The second-order valence-corrected chi connectivity index (χ2v) is 4.17. The Labute approximate surface area is 75.3 Å². The molecule has 0 spiro atoms. The van der Waals surface area contributed by atoms with Gasteiger partial charge in [-0.15, -0.1) is 0 Å². The highest BCUT2D eigenvalue weighted by Crippen LogP contribution is 2.05. The zero-order valence-electron chi connectivity index (χ0n) is 8.65. The second-order valence-electron chi connectivity index (χ2n) is 4.17. The smallest absolute Gasteiger partial charge is 0.0996 e. The third-order valence-electron chi connectivity index (χ3n) is 1.40. The molecular weight excluding hydrogens is 153 g/mol. The first kappa shape index (κ1) is 13.9. The van der Waals surface area contributed by atoms with Crippen molar-refractivity contribution in [3.05, 3.63) is 24.3 Å². The highest BCUT2D eigenvalue weighted by Gasteiger charge is 2.14. The molecule has 1 nitrogen and oxygen atoms in total. The summed E-state index contributed by atoms with van der Waals surface area (Å²) in [5.41, 5.74) is 2.47. The van der Waals surface area contributed by atoms with Gasteiger partial charge >= 0.3 is 0 Å². The van der Waals surface area contributed by atoms with E-state index in [0.717, 1.165) is 17.6 Å². The monoisotopic (exact) mass is 173 g/mol. The van der Waals surface area contributed by atoms with Gasteiger partial charge in [0.15, 0.2) is 0 Å². The number of hydrogen-bond donors (Lipinski definition) is 0. The van der Waals surface area contributed by atoms with Crippen LogP contribution in [0.25, 0.3) is 0 Å². The van der Waals surface area contributed by atoms with Crippen molar-refractivity contribution in [2.24, 2.45) is 0 Å². The van der Waals surface area contributed by atoms with E-state index in [1.54, 1.807) is 0 Å². The fourth-order valence-electron chi connectivity index (χ4n) is 1.52. The molecule has 0 aromatic rings. The van der Waals surface area contributed by atoms with E-state index >= 15 is 0 Å². The van der Waals surface area contributed by atoms with E-state index in [1.165, 1.54) is 11.1 Å². The van der Waals surface area contributed by atoms with Gasteiger partial charge in [0.25, 0.3) is 0 Å². The number of quaternary nitrogens is 1. The molecule has 12 heavy (non-hydrogen) atoms. The SMILES string of the molecule is C=C(C)C[N+](C)(C)CC(=C)C.[F-]. The van der Waals surface area contributed by atoms with Gasteiger partial charge in [-0.2, -0.15) is 0 Å². The summed E-state index contributed by atoms with van der Waals surface area (Å²) in [7, 11) is 4.40. The Morgan fingerprint density at radius 1 is 1.00 bits per heavy atom. The quantitative estimate of drug-likeness (QED) is 0.386. The molecule has 0 rings (SSSR count). The largest absolute Gasteiger partial charge is 1.00 e. The van der Waals surface area contributed by atoms with Crippen LogP contribution in [0.1, 0.15) is 13.8 Å². The standard InChI is InChI=1S/C10H20N.FH/c1-9(2)7-11(5,6)8-10(3)4;/h1,3,7-8H2,2,4-6H3;1H/q+1;/p-1. The van der Waals surface area contributed by atoms with Gasteiger partial charge in [-0.25, -0.2) is 0 Å². The second kappa shape index (κ2) is 5.09. The van der Waals surface area contributed by atoms with Crippen molar-refractivity contribution < 1.29 is 9.19 Å². The number of likely N-dealkylation sites (N-methyl/N-ethyl adjacent to an activating group) is 1. The Morgan fingerprint density at radius 3 is 1.42 bits per heavy atom. The predicted molar refractivity (Wildman–Crippen MR) is 51.5 cm³/mol. The first-order chi connectivity index (χ1) is 4.83. The predicted octanol–water partition coefficient (Wildman–Crippen LogP) is -0.781. The molecule has 0 bridgehead atoms. The van der Waals surface area contributed by atoms with Gasteiger partial charge in [-0.05, 0) is 25.0 Å². The minimum atomic E-state index is 0. The molecule has 72 valence electrons. The number of halogens is 1. The summed E-state index contributed by atoms with van der Waals surface area (Å²) in [5.74, 6) is 0. The Kier molecular flexibility index (Phi) is 5.91. The number of nitrogens with zero attached hydrogens (tertiary/aromatic N) is 1. The molecule has 0 aliphatic rings. The van der Waals surface area contributed by atoms with Crippen LogP contribution in [0.4, 0.5) is 0 Å². The van der Waals surface area contributed by atoms with Crippen molar-refractivity contribution in [3.63, 3.8) is 0 Å². The minimum Gasteiger partial charge on any atom is -1.00 e. The van der Waals surface area contributed by atoms with Crippen LogP contribution < -0.4 is 4.70 Å². The highest BCUT2D eigenvalue weighted by atomic mass is 19.0. The highest BCUT2D eigenvalue weighted by molar-refractivity contribution is 4.91. The summed E-state index contributed by atoms with van der Waals surface area (Å²) in [6.07, 6.45) is 0. The van der Waals surface area contributed by atoms with Crippen LogP contribution in [0.3, 0.4) is 0 Å². The van der Waals surface area contributed by atoms with Crippen LogP contribution in [-0.4, -0.2) is 31.7 Å². The van der Waals surface area contributed by atoms with Crippen LogP contribution in [0.15, 0.2) is 24.3 Å². The van der Waals surface area contributed by atoms with E-state index in [-0.39, 0.29) is 4.70 Å². The van der Waals surface area contributed by atoms with Gasteiger partial charge < -0.3 is 9.19 Å². The molecule has 0 aliphatic carbocycles. The van der Waals surface area contributed by atoms with E-state index in [9.17, 15) is 0 Å². The first-order valence-corrected chi connectivity index (χ1v) is 3.94. The average molecular weight is 173 g/mol. The third kappa shape index (κ3) is 7.48. The van der Waals surface area contributed by atoms with Crippen molar-refractivity contribution in [1.29, 1.82) is 0 Å². The van der Waals surface area contributed by atoms with Gasteiger partial charge in [0.1, 0.15) is 0 Å². The lowest BCUT2D eigenvalue weighted by Crippen LogP contribution is -3.00. The summed E-state index contributed by atoms with van der Waals surface area (Å²) in [6.45, 7) is 14.0. The fourth-order valence-corrected chi connectivity index (χ4v) is 1.52. The molecule has 0 heterocycles. The lowest BCUT2D eigenvalue weighted by atomic mass is 10.2. The van der Waals surface area contributed by atoms with Gasteiger partial charge in [0.05, 0.1) is 27.2 Å². The zero-order chi connectivity index (χ0) is 9.07. The van der Waals surface area contributed by atoms with Crippen molar-refractivity contribution in [3.8, 4) is 0 Å². The average Bonchev–Trinajstić information content (AvgIpc) is 1.53. The van der Waals surface area contributed by atoms with E-state index in [0.29, 0.717) is 0 Å². The summed E-state index contributed by atoms with van der Waals surface area (Å²) >= 11 is 0. The zero-order valence-corrected chi connectivity index (χ0v) is 8.65. The van der Waals surface area contributed by atoms with Crippen LogP contribution >= 0.6 is 0 Å². The normalized spacial score (nSPS) is 10.3. The Balaban J connectivity index is 0. The molecule has 0 aromatic carbocycles. The lowest BCUT2D eigenvalue weighted by molar-refractivity contribution is -0.880. The lowest BCUT2D eigenvalue weighted by Gasteiger charge is -2.30. The number of hydrogen-bond acceptors (Lipinski definition) is 0. The molecule has 0 N–H and O–H groups in total. The first-order valence-electron chi connectivity index (χ1n) is 3.94. The maximum absolute atomic E-state index is 3.90. The molecule has 0 atom stereocenters. The molecule has 2 heteroatoms. The minimum absolute atomic E-state index is 0. The summed E-state index contributed by atoms with van der Waals surface area (Å²) in [5, 5.41) is 0. The van der Waals surface area contributed by atoms with E-state index < -0.39 is 0 Å². The Hall–Kier alpha value is -0.630. The molecule has 0 radical (unpaired) electrons. The van der Waals surface area contributed by atoms with E-state index in [2.05, 4.69) is 41.1 Å². The molecule has 0 amide bonds. The Bertz CT molecular complexity index is 153. The van der Waals surface area contributed by atoms with Crippen LogP contribution in [0.2, 0.25) is 0 Å². The molecule has 0 unspecified atom stereocenters. The van der Waals surface area contributed by atoms with Crippen molar-refractivity contribution >= 4 is 0 Å². The van der Waals surface area contributed by atoms with Crippen LogP contribution in [0.5, 0.6) is 0 Å². The number of rotatable bonds is 4. The summed E-state index contributed by atoms with van der Waals surface area (Å²) in [4.78, 5) is 0. The Morgan fingerprint density at radius 2 is 1.25 bits per heavy atom. The summed E-state index contributed by atoms with van der Waals surface area (Å²) in [6, 6.07) is 0. The van der Waals surface area contributed by atoms with Crippen molar-refractivity contribution in [2.45, 2.75) is 13.8 Å². The molecule has 0 fully saturated rings. The fraction of sp³-hybridized carbons (Fsp3) is 0.600. The van der Waals surface area contributed by atoms with Gasteiger partial charge in [-0.3, -0.25) is 0 Å². The van der Waals surface area contributed by atoms with Crippen molar-refractivity contribution in [2.75, 3.05) is 27.2 Å². The van der Waals surface area contributed by atoms with Crippen LogP contribution in [-0.2, 0) is 0 Å². The van der Waals surface area contributed by atoms with Gasteiger partial charge in [-0.1, -0.05) is 13.2 Å². The maximum atomic E-state index is 3.90. The summed E-state index contributed by atoms with van der Waals surface area (Å²) < 4.78 is 0.963.